The summed E-state index contributed by atoms with van der Waals surface area (Å²) in [6, 6.07) is 0. The van der Waals surface area contributed by atoms with Gasteiger partial charge in [-0.05, 0) is 31.1 Å². The smallest absolute Gasteiger partial charge is 0.0893 e. The van der Waals surface area contributed by atoms with Crippen molar-refractivity contribution in [1.29, 1.82) is 0 Å². The summed E-state index contributed by atoms with van der Waals surface area (Å²) in [4.78, 5) is 0. The lowest BCUT2D eigenvalue weighted by Crippen LogP contribution is -2.54. The first-order valence-electron chi connectivity index (χ1n) is 5.01. The van der Waals surface area contributed by atoms with E-state index in [9.17, 15) is 5.11 Å². The number of ether oxygens (including phenoxy) is 1. The van der Waals surface area contributed by atoms with Crippen LogP contribution in [0.2, 0.25) is 0 Å². The summed E-state index contributed by atoms with van der Waals surface area (Å²) in [6.45, 7) is 3.20. The van der Waals surface area contributed by atoms with E-state index < -0.39 is 0 Å². The summed E-state index contributed by atoms with van der Waals surface area (Å²) in [5.41, 5.74) is 0.314. The Morgan fingerprint density at radius 3 is 3.08 bits per heavy atom. The number of fused-ring (bicyclic) bond motifs is 1. The molecule has 4 rings (SSSR count). The fraction of sp³-hybridized carbons (Fsp3) is 1.00. The maximum atomic E-state index is 9.93. The Kier molecular flexibility index (Phi) is 1.25. The summed E-state index contributed by atoms with van der Waals surface area (Å²) in [5.74, 6) is 1.29. The Balaban J connectivity index is 2.03. The lowest BCUT2D eigenvalue weighted by molar-refractivity contribution is -0.126. The van der Waals surface area contributed by atoms with E-state index in [0.717, 1.165) is 12.5 Å². The largest absolute Gasteiger partial charge is 0.390 e. The summed E-state index contributed by atoms with van der Waals surface area (Å²) in [6.07, 6.45) is 3.68. The third-order valence-electron chi connectivity index (χ3n) is 4.49. The van der Waals surface area contributed by atoms with Crippen LogP contribution >= 0.6 is 0 Å². The first kappa shape index (κ1) is 7.34. The van der Waals surface area contributed by atoms with E-state index in [-0.39, 0.29) is 12.2 Å². The Morgan fingerprint density at radius 1 is 1.50 bits per heavy atom. The van der Waals surface area contributed by atoms with Gasteiger partial charge in [0.2, 0.25) is 0 Å². The number of aliphatic hydroxyl groups is 1. The highest BCUT2D eigenvalue weighted by atomic mass is 16.5. The van der Waals surface area contributed by atoms with Gasteiger partial charge in [-0.25, -0.2) is 0 Å². The molecule has 1 heterocycles. The minimum Gasteiger partial charge on any atom is -0.390 e. The summed E-state index contributed by atoms with van der Waals surface area (Å²) in [5, 5.41) is 9.93. The van der Waals surface area contributed by atoms with Crippen molar-refractivity contribution in [2.75, 3.05) is 6.61 Å². The van der Waals surface area contributed by atoms with E-state index in [2.05, 4.69) is 6.92 Å². The molecule has 5 atom stereocenters. The van der Waals surface area contributed by atoms with Gasteiger partial charge in [0.05, 0.1) is 18.8 Å². The molecule has 68 valence electrons. The van der Waals surface area contributed by atoms with Gasteiger partial charge in [0.25, 0.3) is 0 Å². The SMILES string of the molecule is C[C@]12CCC3CC1COC2[C@H]3O. The zero-order chi connectivity index (χ0) is 8.34. The van der Waals surface area contributed by atoms with Crippen LogP contribution in [0.15, 0.2) is 0 Å². The predicted molar refractivity (Wildman–Crippen MR) is 44.7 cm³/mol. The predicted octanol–water partition coefficient (Wildman–Crippen LogP) is 1.18. The molecule has 3 aliphatic carbocycles. The second-order valence-electron chi connectivity index (χ2n) is 4.98. The second kappa shape index (κ2) is 2.05. The molecule has 1 N–H and O–H groups in total. The Hall–Kier alpha value is -0.0800. The van der Waals surface area contributed by atoms with E-state index >= 15 is 0 Å². The molecule has 4 fully saturated rings. The third-order valence-corrected chi connectivity index (χ3v) is 4.49. The molecule has 2 heteroatoms. The van der Waals surface area contributed by atoms with Crippen LogP contribution in [0.1, 0.15) is 26.2 Å². The normalized spacial score (nSPS) is 62.5. The fourth-order valence-corrected chi connectivity index (χ4v) is 3.54. The highest BCUT2D eigenvalue weighted by Crippen LogP contribution is 2.58. The first-order valence-corrected chi connectivity index (χ1v) is 5.01. The van der Waals surface area contributed by atoms with Gasteiger partial charge in [0.1, 0.15) is 0 Å². The summed E-state index contributed by atoms with van der Waals surface area (Å²) >= 11 is 0. The van der Waals surface area contributed by atoms with Crippen molar-refractivity contribution >= 4 is 0 Å². The topological polar surface area (TPSA) is 29.5 Å². The van der Waals surface area contributed by atoms with Gasteiger partial charge in [-0.3, -0.25) is 0 Å². The quantitative estimate of drug-likeness (QED) is 0.588. The monoisotopic (exact) mass is 168 g/mol. The molecule has 3 unspecified atom stereocenters. The molecule has 0 aromatic carbocycles. The average molecular weight is 168 g/mol. The van der Waals surface area contributed by atoms with Crippen LogP contribution in [0.5, 0.6) is 0 Å². The van der Waals surface area contributed by atoms with Crippen molar-refractivity contribution < 1.29 is 9.84 Å². The van der Waals surface area contributed by atoms with Crippen molar-refractivity contribution in [3.63, 3.8) is 0 Å². The van der Waals surface area contributed by atoms with Gasteiger partial charge in [-0.2, -0.15) is 0 Å². The zero-order valence-corrected chi connectivity index (χ0v) is 7.49. The average Bonchev–Trinajstić information content (AvgIpc) is 2.30. The van der Waals surface area contributed by atoms with E-state index in [1.807, 2.05) is 0 Å². The molecule has 1 aliphatic heterocycles. The first-order chi connectivity index (χ1) is 5.72. The lowest BCUT2D eigenvalue weighted by atomic mass is 9.55. The minimum atomic E-state index is -0.164. The van der Waals surface area contributed by atoms with E-state index in [1.54, 1.807) is 0 Å². The van der Waals surface area contributed by atoms with Gasteiger partial charge in [0, 0.05) is 5.41 Å². The molecular weight excluding hydrogens is 152 g/mol. The van der Waals surface area contributed by atoms with Gasteiger partial charge in [0.15, 0.2) is 0 Å². The van der Waals surface area contributed by atoms with Crippen molar-refractivity contribution in [1.82, 2.24) is 0 Å². The van der Waals surface area contributed by atoms with Crippen molar-refractivity contribution in [3.8, 4) is 0 Å². The Morgan fingerprint density at radius 2 is 2.33 bits per heavy atom. The van der Waals surface area contributed by atoms with Crippen LogP contribution in [0.3, 0.4) is 0 Å². The van der Waals surface area contributed by atoms with Crippen LogP contribution < -0.4 is 0 Å². The highest BCUT2D eigenvalue weighted by Gasteiger charge is 2.59. The molecule has 0 radical (unpaired) electrons. The molecule has 0 aromatic heterocycles. The zero-order valence-electron chi connectivity index (χ0n) is 7.49. The molecule has 4 aliphatic rings. The maximum absolute atomic E-state index is 9.93. The molecule has 2 nitrogen and oxygen atoms in total. The number of aliphatic hydroxyl groups excluding tert-OH is 1. The summed E-state index contributed by atoms with van der Waals surface area (Å²) in [7, 11) is 0. The van der Waals surface area contributed by atoms with Crippen LogP contribution in [0.4, 0.5) is 0 Å². The number of hydrogen-bond acceptors (Lipinski definition) is 2. The molecular formula is C10H16O2. The molecule has 0 aromatic rings. The second-order valence-corrected chi connectivity index (χ2v) is 4.98. The van der Waals surface area contributed by atoms with Gasteiger partial charge < -0.3 is 9.84 Å². The van der Waals surface area contributed by atoms with E-state index in [1.165, 1.54) is 19.3 Å². The van der Waals surface area contributed by atoms with Crippen LogP contribution in [-0.2, 0) is 4.74 Å². The van der Waals surface area contributed by atoms with Crippen molar-refractivity contribution in [2.45, 2.75) is 38.4 Å². The third kappa shape index (κ3) is 0.647. The maximum Gasteiger partial charge on any atom is 0.0893 e. The van der Waals surface area contributed by atoms with Crippen molar-refractivity contribution in [2.24, 2.45) is 17.3 Å². The van der Waals surface area contributed by atoms with Gasteiger partial charge in [-0.15, -0.1) is 0 Å². The molecule has 4 bridgehead atoms. The Bertz CT molecular complexity index is 216. The highest BCUT2D eigenvalue weighted by molar-refractivity contribution is 5.08. The standard InChI is InChI=1S/C10H16O2/c1-10-3-2-6-4-7(10)5-12-9(10)8(6)11/h6-9,11H,2-5H2,1H3/t6?,7?,8-,9?,10-/m0/s1. The van der Waals surface area contributed by atoms with Crippen molar-refractivity contribution in [3.05, 3.63) is 0 Å². The molecule has 12 heavy (non-hydrogen) atoms. The molecule has 3 saturated carbocycles. The van der Waals surface area contributed by atoms with E-state index in [4.69, 9.17) is 4.74 Å². The number of hydrogen-bond donors (Lipinski definition) is 1. The molecule has 1 saturated heterocycles. The summed E-state index contributed by atoms with van der Waals surface area (Å²) < 4.78 is 5.68. The van der Waals surface area contributed by atoms with E-state index in [0.29, 0.717) is 11.3 Å². The lowest BCUT2D eigenvalue weighted by Gasteiger charge is -2.51. The Labute approximate surface area is 72.9 Å². The number of rotatable bonds is 0. The van der Waals surface area contributed by atoms with Crippen LogP contribution in [0.25, 0.3) is 0 Å². The van der Waals surface area contributed by atoms with Gasteiger partial charge in [-0.1, -0.05) is 6.92 Å². The van der Waals surface area contributed by atoms with Crippen LogP contribution in [0, 0.1) is 17.3 Å². The van der Waals surface area contributed by atoms with Gasteiger partial charge >= 0.3 is 0 Å². The van der Waals surface area contributed by atoms with Crippen LogP contribution in [-0.4, -0.2) is 23.9 Å². The molecule has 0 amide bonds. The fourth-order valence-electron chi connectivity index (χ4n) is 3.54. The minimum absolute atomic E-state index is 0.162. The molecule has 0 spiro atoms.